The van der Waals surface area contributed by atoms with Crippen LogP contribution < -0.4 is 5.32 Å². The Bertz CT molecular complexity index is 761. The van der Waals surface area contributed by atoms with Crippen LogP contribution in [0.4, 0.5) is 4.39 Å². The van der Waals surface area contributed by atoms with Crippen molar-refractivity contribution in [3.05, 3.63) is 71.0 Å². The molecule has 1 N–H and O–H groups in total. The summed E-state index contributed by atoms with van der Waals surface area (Å²) in [5.41, 5.74) is 1.68. The zero-order chi connectivity index (χ0) is 19.1. The van der Waals surface area contributed by atoms with Gasteiger partial charge in [-0.25, -0.2) is 9.18 Å². The summed E-state index contributed by atoms with van der Waals surface area (Å²) in [6.45, 7) is 5.62. The van der Waals surface area contributed by atoms with Crippen molar-refractivity contribution in [2.24, 2.45) is 0 Å². The number of carbonyl (C=O) groups is 2. The minimum atomic E-state index is -0.958. The van der Waals surface area contributed by atoms with Gasteiger partial charge in [-0.05, 0) is 43.5 Å². The number of aryl methyl sites for hydroxylation is 1. The van der Waals surface area contributed by atoms with Crippen LogP contribution in [0, 0.1) is 12.7 Å². The number of ether oxygens (including phenoxy) is 1. The molecule has 5 heteroatoms. The van der Waals surface area contributed by atoms with Gasteiger partial charge >= 0.3 is 5.97 Å². The van der Waals surface area contributed by atoms with E-state index in [-0.39, 0.29) is 17.4 Å². The van der Waals surface area contributed by atoms with Crippen molar-refractivity contribution in [1.29, 1.82) is 0 Å². The van der Waals surface area contributed by atoms with Gasteiger partial charge in [-0.15, -0.1) is 0 Å². The highest BCUT2D eigenvalue weighted by Gasteiger charge is 2.20. The smallest absolute Gasteiger partial charge is 0.339 e. The molecule has 138 valence electrons. The first kappa shape index (κ1) is 19.6. The Kier molecular flexibility index (Phi) is 6.89. The van der Waals surface area contributed by atoms with Crippen molar-refractivity contribution < 1.29 is 18.7 Å². The maximum absolute atomic E-state index is 13.6. The van der Waals surface area contributed by atoms with Gasteiger partial charge < -0.3 is 10.1 Å². The van der Waals surface area contributed by atoms with E-state index in [0.717, 1.165) is 18.1 Å². The molecule has 0 spiro atoms. The van der Waals surface area contributed by atoms with Gasteiger partial charge in [0, 0.05) is 12.5 Å². The second kappa shape index (κ2) is 9.13. The van der Waals surface area contributed by atoms with Gasteiger partial charge in [-0.3, -0.25) is 4.79 Å². The number of esters is 1. The highest BCUT2D eigenvalue weighted by atomic mass is 19.1. The first-order valence-corrected chi connectivity index (χ1v) is 8.72. The van der Waals surface area contributed by atoms with Crippen molar-refractivity contribution in [3.8, 4) is 0 Å². The lowest BCUT2D eigenvalue weighted by Gasteiger charge is -2.18. The van der Waals surface area contributed by atoms with Crippen molar-refractivity contribution in [2.75, 3.05) is 6.54 Å². The van der Waals surface area contributed by atoms with E-state index < -0.39 is 17.9 Å². The second-order valence-corrected chi connectivity index (χ2v) is 6.27. The third-order valence-corrected chi connectivity index (χ3v) is 4.35. The Labute approximate surface area is 153 Å². The highest BCUT2D eigenvalue weighted by Crippen LogP contribution is 2.18. The zero-order valence-corrected chi connectivity index (χ0v) is 15.3. The normalized spacial score (nSPS) is 12.9. The predicted molar refractivity (Wildman–Crippen MR) is 98.5 cm³/mol. The first-order chi connectivity index (χ1) is 12.4. The Morgan fingerprint density at radius 1 is 1.15 bits per heavy atom. The summed E-state index contributed by atoms with van der Waals surface area (Å²) in [6, 6.07) is 14.0. The number of amides is 1. The van der Waals surface area contributed by atoms with E-state index >= 15 is 0 Å². The van der Waals surface area contributed by atoms with Crippen molar-refractivity contribution in [1.82, 2.24) is 5.32 Å². The van der Waals surface area contributed by atoms with Gasteiger partial charge in [-0.1, -0.05) is 43.3 Å². The summed E-state index contributed by atoms with van der Waals surface area (Å²) in [4.78, 5) is 24.3. The monoisotopic (exact) mass is 357 g/mol. The Morgan fingerprint density at radius 2 is 1.85 bits per heavy atom. The fourth-order valence-corrected chi connectivity index (χ4v) is 2.59. The minimum Gasteiger partial charge on any atom is -0.449 e. The van der Waals surface area contributed by atoms with Gasteiger partial charge in [-0.2, -0.15) is 0 Å². The van der Waals surface area contributed by atoms with E-state index in [1.165, 1.54) is 19.1 Å². The Hall–Kier alpha value is -2.69. The molecule has 1 amide bonds. The topological polar surface area (TPSA) is 55.4 Å². The van der Waals surface area contributed by atoms with Crippen molar-refractivity contribution >= 4 is 11.9 Å². The number of halogens is 1. The van der Waals surface area contributed by atoms with Crippen LogP contribution >= 0.6 is 0 Å². The quantitative estimate of drug-likeness (QED) is 0.763. The molecule has 4 nitrogen and oxygen atoms in total. The largest absolute Gasteiger partial charge is 0.449 e. The van der Waals surface area contributed by atoms with Crippen LogP contribution in [0.25, 0.3) is 0 Å². The molecule has 26 heavy (non-hydrogen) atoms. The van der Waals surface area contributed by atoms with Crippen molar-refractivity contribution in [2.45, 2.75) is 39.2 Å². The summed E-state index contributed by atoms with van der Waals surface area (Å²) in [5, 5.41) is 2.82. The van der Waals surface area contributed by atoms with E-state index in [4.69, 9.17) is 4.74 Å². The zero-order valence-electron chi connectivity index (χ0n) is 15.3. The lowest BCUT2D eigenvalue weighted by Crippen LogP contribution is -2.38. The number of hydrogen-bond donors (Lipinski definition) is 1. The van der Waals surface area contributed by atoms with E-state index in [2.05, 4.69) is 12.2 Å². The summed E-state index contributed by atoms with van der Waals surface area (Å²) in [6.07, 6.45) is -0.0821. The molecule has 0 saturated carbocycles. The fraction of sp³-hybridized carbons (Fsp3) is 0.333. The van der Waals surface area contributed by atoms with Crippen LogP contribution in [-0.2, 0) is 9.53 Å². The molecule has 0 bridgehead atoms. The van der Waals surface area contributed by atoms with Crippen LogP contribution in [-0.4, -0.2) is 24.5 Å². The summed E-state index contributed by atoms with van der Waals surface area (Å²) in [5.74, 6) is -1.39. The summed E-state index contributed by atoms with van der Waals surface area (Å²) in [7, 11) is 0. The van der Waals surface area contributed by atoms with E-state index in [0.29, 0.717) is 12.1 Å². The third kappa shape index (κ3) is 5.15. The van der Waals surface area contributed by atoms with E-state index in [9.17, 15) is 14.0 Å². The molecule has 0 radical (unpaired) electrons. The molecule has 0 aliphatic heterocycles. The number of rotatable bonds is 7. The minimum absolute atomic E-state index is 0.0865. The van der Waals surface area contributed by atoms with Crippen LogP contribution in [0.3, 0.4) is 0 Å². The van der Waals surface area contributed by atoms with E-state index in [1.807, 2.05) is 30.3 Å². The van der Waals surface area contributed by atoms with Gasteiger partial charge in [0.15, 0.2) is 6.10 Å². The molecule has 0 aliphatic rings. The predicted octanol–water partition coefficient (Wildman–Crippen LogP) is 3.99. The molecule has 0 unspecified atom stereocenters. The molecule has 2 aromatic carbocycles. The lowest BCUT2D eigenvalue weighted by molar-refractivity contribution is -0.129. The molecular weight excluding hydrogens is 333 g/mol. The van der Waals surface area contributed by atoms with Gasteiger partial charge in [0.2, 0.25) is 0 Å². The van der Waals surface area contributed by atoms with Crippen LogP contribution in [0.5, 0.6) is 0 Å². The molecule has 0 heterocycles. The van der Waals surface area contributed by atoms with Crippen LogP contribution in [0.2, 0.25) is 0 Å². The number of nitrogens with one attached hydrogen (secondary N) is 1. The maximum atomic E-state index is 13.6. The first-order valence-electron chi connectivity index (χ1n) is 8.72. The molecule has 2 aromatic rings. The molecule has 2 atom stereocenters. The molecular formula is C21H24FNO3. The Balaban J connectivity index is 1.90. The third-order valence-electron chi connectivity index (χ3n) is 4.35. The summed E-state index contributed by atoms with van der Waals surface area (Å²) >= 11 is 0. The van der Waals surface area contributed by atoms with Crippen LogP contribution in [0.1, 0.15) is 47.7 Å². The van der Waals surface area contributed by atoms with Crippen LogP contribution in [0.15, 0.2) is 48.5 Å². The summed E-state index contributed by atoms with van der Waals surface area (Å²) < 4.78 is 18.7. The average molecular weight is 357 g/mol. The molecule has 0 fully saturated rings. The number of carbonyl (C=O) groups excluding carboxylic acids is 2. The molecule has 0 aromatic heterocycles. The molecule has 2 rings (SSSR count). The Morgan fingerprint density at radius 3 is 2.46 bits per heavy atom. The second-order valence-electron chi connectivity index (χ2n) is 6.27. The lowest BCUT2D eigenvalue weighted by atomic mass is 9.96. The fourth-order valence-electron chi connectivity index (χ4n) is 2.59. The van der Waals surface area contributed by atoms with Gasteiger partial charge in [0.1, 0.15) is 5.82 Å². The highest BCUT2D eigenvalue weighted by molar-refractivity contribution is 5.92. The number of benzene rings is 2. The average Bonchev–Trinajstić information content (AvgIpc) is 2.65. The van der Waals surface area contributed by atoms with E-state index in [1.54, 1.807) is 6.92 Å². The SMILES string of the molecule is CC[C@H](CNC(=O)[C@@H](C)OC(=O)c1ccc(C)c(F)c1)c1ccccc1. The number of hydrogen-bond acceptors (Lipinski definition) is 3. The standard InChI is InChI=1S/C21H24FNO3/c1-4-16(17-8-6-5-7-9-17)13-23-20(24)15(3)26-21(25)18-11-10-14(2)19(22)12-18/h5-12,15-16H,4,13H2,1-3H3,(H,23,24)/t15-,16-/m1/s1. The molecule has 0 aliphatic carbocycles. The molecule has 0 saturated heterocycles. The van der Waals surface area contributed by atoms with Crippen molar-refractivity contribution in [3.63, 3.8) is 0 Å². The van der Waals surface area contributed by atoms with Gasteiger partial charge in [0.05, 0.1) is 5.56 Å². The maximum Gasteiger partial charge on any atom is 0.339 e. The van der Waals surface area contributed by atoms with Gasteiger partial charge in [0.25, 0.3) is 5.91 Å².